The lowest BCUT2D eigenvalue weighted by Crippen LogP contribution is -2.55. The van der Waals surface area contributed by atoms with Gasteiger partial charge in [-0.05, 0) is 43.2 Å². The molecule has 1 aliphatic heterocycles. The molecule has 0 radical (unpaired) electrons. The van der Waals surface area contributed by atoms with Crippen LogP contribution in [0.25, 0.3) is 0 Å². The topological polar surface area (TPSA) is 29.3 Å². The molecule has 2 heteroatoms. The van der Waals surface area contributed by atoms with Crippen LogP contribution < -0.4 is 5.73 Å². The minimum atomic E-state index is 0.135. The molecule has 1 aromatic carbocycles. The highest BCUT2D eigenvalue weighted by molar-refractivity contribution is 5.28. The van der Waals surface area contributed by atoms with E-state index < -0.39 is 0 Å². The van der Waals surface area contributed by atoms with Crippen molar-refractivity contribution < 1.29 is 0 Å². The van der Waals surface area contributed by atoms with Gasteiger partial charge in [0.25, 0.3) is 0 Å². The largest absolute Gasteiger partial charge is 0.324 e. The molecule has 0 saturated heterocycles. The highest BCUT2D eigenvalue weighted by Gasteiger charge is 2.34. The minimum absolute atomic E-state index is 0.135. The zero-order valence-electron chi connectivity index (χ0n) is 10.5. The third kappa shape index (κ3) is 2.38. The Morgan fingerprint density at radius 3 is 2.12 bits per heavy atom. The number of benzene rings is 1. The molecule has 0 unspecified atom stereocenters. The molecule has 1 aromatic rings. The first-order chi connectivity index (χ1) is 8.25. The average Bonchev–Trinajstić information content (AvgIpc) is 2.50. The Balaban J connectivity index is 1.65. The highest BCUT2D eigenvalue weighted by atomic mass is 15.1. The van der Waals surface area contributed by atoms with Crippen molar-refractivity contribution in [1.82, 2.24) is 4.90 Å². The lowest BCUT2D eigenvalue weighted by atomic mass is 9.77. The summed E-state index contributed by atoms with van der Waals surface area (Å²) in [6.45, 7) is 3.45. The summed E-state index contributed by atoms with van der Waals surface area (Å²) < 4.78 is 0. The fraction of sp³-hybridized carbons (Fsp3) is 0.600. The van der Waals surface area contributed by atoms with E-state index in [1.165, 1.54) is 56.3 Å². The molecule has 3 rings (SSSR count). The van der Waals surface area contributed by atoms with Crippen molar-refractivity contribution in [1.29, 1.82) is 0 Å². The second kappa shape index (κ2) is 4.43. The maximum absolute atomic E-state index is 6.35. The van der Waals surface area contributed by atoms with E-state index in [0.717, 1.165) is 6.54 Å². The number of nitrogens with two attached hydrogens (primary N) is 1. The van der Waals surface area contributed by atoms with Crippen LogP contribution in [0.1, 0.15) is 30.4 Å². The molecular weight excluding hydrogens is 208 g/mol. The van der Waals surface area contributed by atoms with Crippen LogP contribution in [0, 0.1) is 0 Å². The van der Waals surface area contributed by atoms with Gasteiger partial charge in [0.15, 0.2) is 0 Å². The Bertz CT molecular complexity index is 369. The molecule has 2 N–H and O–H groups in total. The van der Waals surface area contributed by atoms with E-state index in [4.69, 9.17) is 5.73 Å². The molecule has 0 spiro atoms. The zero-order chi connectivity index (χ0) is 11.7. The first-order valence-electron chi connectivity index (χ1n) is 6.83. The molecule has 2 aliphatic rings. The molecule has 17 heavy (non-hydrogen) atoms. The zero-order valence-corrected chi connectivity index (χ0v) is 10.5. The lowest BCUT2D eigenvalue weighted by molar-refractivity contribution is 0.148. The fourth-order valence-corrected chi connectivity index (χ4v) is 3.11. The Kier molecular flexibility index (Phi) is 2.93. The highest BCUT2D eigenvalue weighted by Crippen LogP contribution is 2.30. The van der Waals surface area contributed by atoms with Crippen LogP contribution >= 0.6 is 0 Å². The number of fused-ring (bicyclic) bond motifs is 1. The van der Waals surface area contributed by atoms with Crippen molar-refractivity contribution in [3.63, 3.8) is 0 Å². The molecule has 1 fully saturated rings. The number of rotatable bonds is 2. The van der Waals surface area contributed by atoms with Crippen molar-refractivity contribution in [2.75, 3.05) is 19.6 Å². The Hall–Kier alpha value is -0.860. The maximum atomic E-state index is 6.35. The van der Waals surface area contributed by atoms with Gasteiger partial charge in [-0.2, -0.15) is 0 Å². The van der Waals surface area contributed by atoms with Gasteiger partial charge in [0.1, 0.15) is 0 Å². The summed E-state index contributed by atoms with van der Waals surface area (Å²) in [5.41, 5.74) is 9.56. The van der Waals surface area contributed by atoms with Crippen molar-refractivity contribution >= 4 is 0 Å². The first kappa shape index (κ1) is 11.2. The monoisotopic (exact) mass is 230 g/mol. The molecule has 0 aromatic heterocycles. The van der Waals surface area contributed by atoms with Crippen LogP contribution in [0.4, 0.5) is 0 Å². The van der Waals surface area contributed by atoms with Gasteiger partial charge in [0, 0.05) is 25.2 Å². The van der Waals surface area contributed by atoms with Gasteiger partial charge in [-0.1, -0.05) is 24.3 Å². The van der Waals surface area contributed by atoms with E-state index in [2.05, 4.69) is 29.2 Å². The SMILES string of the molecule is NC1(CN2CCc3ccccc3CC2)CCC1. The number of hydrogen-bond donors (Lipinski definition) is 1. The first-order valence-corrected chi connectivity index (χ1v) is 6.83. The molecular formula is C15H22N2. The van der Waals surface area contributed by atoms with Crippen molar-refractivity contribution in [3.8, 4) is 0 Å². The van der Waals surface area contributed by atoms with Crippen molar-refractivity contribution in [2.24, 2.45) is 5.73 Å². The molecule has 1 aliphatic carbocycles. The predicted molar refractivity (Wildman–Crippen MR) is 71.1 cm³/mol. The van der Waals surface area contributed by atoms with E-state index in [0.29, 0.717) is 0 Å². The summed E-state index contributed by atoms with van der Waals surface area (Å²) in [7, 11) is 0. The summed E-state index contributed by atoms with van der Waals surface area (Å²) in [6.07, 6.45) is 6.13. The lowest BCUT2D eigenvalue weighted by Gasteiger charge is -2.41. The third-order valence-corrected chi connectivity index (χ3v) is 4.40. The Morgan fingerprint density at radius 1 is 1.06 bits per heavy atom. The standard InChI is InChI=1S/C15H22N2/c16-15(8-3-9-15)12-17-10-6-13-4-1-2-5-14(13)7-11-17/h1-2,4-5H,3,6-12,16H2. The summed E-state index contributed by atoms with van der Waals surface area (Å²) in [6, 6.07) is 8.87. The van der Waals surface area contributed by atoms with E-state index in [-0.39, 0.29) is 5.54 Å². The fourth-order valence-electron chi connectivity index (χ4n) is 3.11. The summed E-state index contributed by atoms with van der Waals surface area (Å²) in [5.74, 6) is 0. The summed E-state index contributed by atoms with van der Waals surface area (Å²) >= 11 is 0. The van der Waals surface area contributed by atoms with Crippen molar-refractivity contribution in [3.05, 3.63) is 35.4 Å². The van der Waals surface area contributed by atoms with E-state index in [1.807, 2.05) is 0 Å². The van der Waals surface area contributed by atoms with Crippen LogP contribution in [-0.4, -0.2) is 30.1 Å². The van der Waals surface area contributed by atoms with Gasteiger partial charge >= 0.3 is 0 Å². The van der Waals surface area contributed by atoms with Gasteiger partial charge in [0.05, 0.1) is 0 Å². The molecule has 1 heterocycles. The second-order valence-electron chi connectivity index (χ2n) is 5.76. The van der Waals surface area contributed by atoms with E-state index in [1.54, 1.807) is 0 Å². The molecule has 0 bridgehead atoms. The Labute approximate surface area is 104 Å². The van der Waals surface area contributed by atoms with Crippen LogP contribution in [0.3, 0.4) is 0 Å². The van der Waals surface area contributed by atoms with E-state index >= 15 is 0 Å². The summed E-state index contributed by atoms with van der Waals surface area (Å²) in [5, 5.41) is 0. The quantitative estimate of drug-likeness (QED) is 0.841. The third-order valence-electron chi connectivity index (χ3n) is 4.40. The normalized spacial score (nSPS) is 23.6. The molecule has 0 atom stereocenters. The molecule has 0 amide bonds. The number of nitrogens with zero attached hydrogens (tertiary/aromatic N) is 1. The van der Waals surface area contributed by atoms with Crippen LogP contribution in [-0.2, 0) is 12.8 Å². The minimum Gasteiger partial charge on any atom is -0.324 e. The summed E-state index contributed by atoms with van der Waals surface area (Å²) in [4.78, 5) is 2.57. The van der Waals surface area contributed by atoms with Gasteiger partial charge in [-0.3, -0.25) is 0 Å². The molecule has 2 nitrogen and oxygen atoms in total. The van der Waals surface area contributed by atoms with Gasteiger partial charge in [-0.25, -0.2) is 0 Å². The smallest absolute Gasteiger partial charge is 0.0283 e. The van der Waals surface area contributed by atoms with Crippen LogP contribution in [0.2, 0.25) is 0 Å². The molecule has 92 valence electrons. The Morgan fingerprint density at radius 2 is 1.65 bits per heavy atom. The van der Waals surface area contributed by atoms with Gasteiger partial charge in [0.2, 0.25) is 0 Å². The van der Waals surface area contributed by atoms with Crippen LogP contribution in [0.5, 0.6) is 0 Å². The van der Waals surface area contributed by atoms with Crippen molar-refractivity contribution in [2.45, 2.75) is 37.6 Å². The maximum Gasteiger partial charge on any atom is 0.0283 e. The van der Waals surface area contributed by atoms with Crippen LogP contribution in [0.15, 0.2) is 24.3 Å². The van der Waals surface area contributed by atoms with Gasteiger partial charge in [-0.15, -0.1) is 0 Å². The number of hydrogen-bond acceptors (Lipinski definition) is 2. The average molecular weight is 230 g/mol. The predicted octanol–water partition coefficient (Wildman–Crippen LogP) is 1.97. The molecule has 1 saturated carbocycles. The second-order valence-corrected chi connectivity index (χ2v) is 5.76. The van der Waals surface area contributed by atoms with E-state index in [9.17, 15) is 0 Å². The van der Waals surface area contributed by atoms with Gasteiger partial charge < -0.3 is 10.6 Å².